The minimum atomic E-state index is -1.67. The Morgan fingerprint density at radius 1 is 1.11 bits per heavy atom. The van der Waals surface area contributed by atoms with Crippen molar-refractivity contribution in [1.82, 2.24) is 4.98 Å². The molecule has 0 saturated carbocycles. The predicted molar refractivity (Wildman–Crippen MR) is 63.2 cm³/mol. The van der Waals surface area contributed by atoms with Crippen molar-refractivity contribution in [3.8, 4) is 0 Å². The van der Waals surface area contributed by atoms with Gasteiger partial charge in [-0.25, -0.2) is 13.2 Å². The number of aryl methyl sites for hydroxylation is 1. The average molecular weight is 266 g/mol. The molecule has 1 aromatic heterocycles. The molecule has 0 radical (unpaired) electrons. The summed E-state index contributed by atoms with van der Waals surface area (Å²) >= 11 is 0. The van der Waals surface area contributed by atoms with E-state index in [0.29, 0.717) is 11.8 Å². The Morgan fingerprint density at radius 3 is 2.47 bits per heavy atom. The largest absolute Gasteiger partial charge is 0.320 e. The summed E-state index contributed by atoms with van der Waals surface area (Å²) in [6, 6.07) is 4.79. The van der Waals surface area contributed by atoms with Gasteiger partial charge in [0.1, 0.15) is 0 Å². The second-order valence-electron chi connectivity index (χ2n) is 3.87. The standard InChI is InChI=1S/C13H9F3N2O/c1-7-2-3-8(6-17-7)18-13(19)9-4-5-10(14)12(16)11(9)15/h2-6H,1H3,(H,18,19). The fourth-order valence-corrected chi connectivity index (χ4v) is 1.44. The van der Waals surface area contributed by atoms with Crippen LogP contribution in [0.4, 0.5) is 18.9 Å². The van der Waals surface area contributed by atoms with Gasteiger partial charge in [-0.1, -0.05) is 0 Å². The highest BCUT2D eigenvalue weighted by atomic mass is 19.2. The second-order valence-corrected chi connectivity index (χ2v) is 3.87. The van der Waals surface area contributed by atoms with Crippen molar-refractivity contribution in [2.75, 3.05) is 5.32 Å². The lowest BCUT2D eigenvalue weighted by molar-refractivity contribution is 0.102. The third-order valence-electron chi connectivity index (χ3n) is 2.45. The van der Waals surface area contributed by atoms with Crippen LogP contribution in [0.3, 0.4) is 0 Å². The number of rotatable bonds is 2. The molecular weight excluding hydrogens is 257 g/mol. The molecule has 2 aromatic rings. The number of hydrogen-bond donors (Lipinski definition) is 1. The molecule has 0 aliphatic heterocycles. The molecule has 1 amide bonds. The van der Waals surface area contributed by atoms with Gasteiger partial charge >= 0.3 is 0 Å². The molecule has 0 atom stereocenters. The van der Waals surface area contributed by atoms with Crippen molar-refractivity contribution < 1.29 is 18.0 Å². The number of carbonyl (C=O) groups excluding carboxylic acids is 1. The van der Waals surface area contributed by atoms with Gasteiger partial charge in [0, 0.05) is 5.69 Å². The first-order valence-corrected chi connectivity index (χ1v) is 5.36. The molecule has 1 aromatic carbocycles. The van der Waals surface area contributed by atoms with E-state index in [0.717, 1.165) is 11.8 Å². The predicted octanol–water partition coefficient (Wildman–Crippen LogP) is 3.06. The SMILES string of the molecule is Cc1ccc(NC(=O)c2ccc(F)c(F)c2F)cn1. The molecule has 0 bridgehead atoms. The topological polar surface area (TPSA) is 42.0 Å². The molecule has 2 rings (SSSR count). The summed E-state index contributed by atoms with van der Waals surface area (Å²) in [5.41, 5.74) is 0.510. The minimum absolute atomic E-state index is 0.333. The van der Waals surface area contributed by atoms with Crippen LogP contribution in [0, 0.1) is 24.4 Å². The molecule has 98 valence electrons. The maximum atomic E-state index is 13.4. The van der Waals surface area contributed by atoms with Crippen LogP contribution in [0.15, 0.2) is 30.5 Å². The maximum absolute atomic E-state index is 13.4. The number of pyridine rings is 1. The molecule has 0 saturated heterocycles. The molecule has 0 spiro atoms. The van der Waals surface area contributed by atoms with E-state index < -0.39 is 28.9 Å². The van der Waals surface area contributed by atoms with E-state index in [-0.39, 0.29) is 0 Å². The van der Waals surface area contributed by atoms with Gasteiger partial charge in [-0.05, 0) is 31.2 Å². The molecule has 0 fully saturated rings. The van der Waals surface area contributed by atoms with Crippen molar-refractivity contribution in [3.63, 3.8) is 0 Å². The number of halogens is 3. The number of nitrogens with one attached hydrogen (secondary N) is 1. The van der Waals surface area contributed by atoms with Crippen molar-refractivity contribution in [3.05, 3.63) is 59.2 Å². The number of nitrogens with zero attached hydrogens (tertiary/aromatic N) is 1. The van der Waals surface area contributed by atoms with Crippen molar-refractivity contribution >= 4 is 11.6 Å². The monoisotopic (exact) mass is 266 g/mol. The smallest absolute Gasteiger partial charge is 0.258 e. The Bertz CT molecular complexity index is 627. The number of carbonyl (C=O) groups is 1. The first kappa shape index (κ1) is 13.1. The van der Waals surface area contributed by atoms with E-state index in [1.807, 2.05) is 0 Å². The zero-order chi connectivity index (χ0) is 14.0. The highest BCUT2D eigenvalue weighted by Crippen LogP contribution is 2.16. The second kappa shape index (κ2) is 5.09. The summed E-state index contributed by atoms with van der Waals surface area (Å²) in [5.74, 6) is -5.40. The van der Waals surface area contributed by atoms with Gasteiger partial charge in [0.15, 0.2) is 17.5 Å². The Labute approximate surface area is 107 Å². The quantitative estimate of drug-likeness (QED) is 0.849. The summed E-state index contributed by atoms with van der Waals surface area (Å²) < 4.78 is 39.1. The van der Waals surface area contributed by atoms with Gasteiger partial charge in [0.2, 0.25) is 0 Å². The molecule has 19 heavy (non-hydrogen) atoms. The van der Waals surface area contributed by atoms with Crippen LogP contribution in [0.5, 0.6) is 0 Å². The summed E-state index contributed by atoms with van der Waals surface area (Å²) in [4.78, 5) is 15.7. The van der Waals surface area contributed by atoms with Crippen LogP contribution in [0.2, 0.25) is 0 Å². The molecule has 1 N–H and O–H groups in total. The fraction of sp³-hybridized carbons (Fsp3) is 0.0769. The average Bonchev–Trinajstić information content (AvgIpc) is 2.39. The van der Waals surface area contributed by atoms with Crippen molar-refractivity contribution in [2.45, 2.75) is 6.92 Å². The van der Waals surface area contributed by atoms with E-state index in [1.54, 1.807) is 19.1 Å². The Balaban J connectivity index is 2.25. The van der Waals surface area contributed by atoms with Gasteiger partial charge in [0.05, 0.1) is 17.4 Å². The molecule has 6 heteroatoms. The van der Waals surface area contributed by atoms with Crippen molar-refractivity contribution in [1.29, 1.82) is 0 Å². The third-order valence-corrected chi connectivity index (χ3v) is 2.45. The van der Waals surface area contributed by atoms with Crippen LogP contribution in [-0.2, 0) is 0 Å². The minimum Gasteiger partial charge on any atom is -0.320 e. The number of hydrogen-bond acceptors (Lipinski definition) is 2. The molecule has 0 aliphatic rings. The highest BCUT2D eigenvalue weighted by Gasteiger charge is 2.18. The van der Waals surface area contributed by atoms with Gasteiger partial charge in [0.25, 0.3) is 5.91 Å². The van der Waals surface area contributed by atoms with Crippen molar-refractivity contribution in [2.24, 2.45) is 0 Å². The Hall–Kier alpha value is -2.37. The zero-order valence-electron chi connectivity index (χ0n) is 9.88. The molecule has 3 nitrogen and oxygen atoms in total. The first-order chi connectivity index (χ1) is 8.99. The Morgan fingerprint density at radius 2 is 1.84 bits per heavy atom. The lowest BCUT2D eigenvalue weighted by Crippen LogP contribution is -2.15. The number of amides is 1. The van der Waals surface area contributed by atoms with Crippen LogP contribution in [0.1, 0.15) is 16.1 Å². The summed E-state index contributed by atoms with van der Waals surface area (Å²) in [6.07, 6.45) is 1.38. The lowest BCUT2D eigenvalue weighted by atomic mass is 10.2. The van der Waals surface area contributed by atoms with E-state index in [9.17, 15) is 18.0 Å². The van der Waals surface area contributed by atoms with E-state index in [4.69, 9.17) is 0 Å². The van der Waals surface area contributed by atoms with Crippen LogP contribution in [-0.4, -0.2) is 10.9 Å². The van der Waals surface area contributed by atoms with Gasteiger partial charge < -0.3 is 5.32 Å². The summed E-state index contributed by atoms with van der Waals surface area (Å²) in [7, 11) is 0. The van der Waals surface area contributed by atoms with Crippen LogP contribution in [0.25, 0.3) is 0 Å². The normalized spacial score (nSPS) is 10.3. The van der Waals surface area contributed by atoms with E-state index in [1.165, 1.54) is 6.20 Å². The third kappa shape index (κ3) is 2.73. The van der Waals surface area contributed by atoms with E-state index in [2.05, 4.69) is 10.3 Å². The van der Waals surface area contributed by atoms with E-state index >= 15 is 0 Å². The van der Waals surface area contributed by atoms with Gasteiger partial charge in [-0.3, -0.25) is 9.78 Å². The fourth-order valence-electron chi connectivity index (χ4n) is 1.44. The number of benzene rings is 1. The highest BCUT2D eigenvalue weighted by molar-refractivity contribution is 6.04. The summed E-state index contributed by atoms with van der Waals surface area (Å²) in [6.45, 7) is 1.76. The molecular formula is C13H9F3N2O. The Kier molecular flexibility index (Phi) is 3.50. The number of aromatic nitrogens is 1. The molecule has 0 aliphatic carbocycles. The zero-order valence-corrected chi connectivity index (χ0v) is 9.88. The van der Waals surface area contributed by atoms with Crippen LogP contribution >= 0.6 is 0 Å². The maximum Gasteiger partial charge on any atom is 0.258 e. The summed E-state index contributed by atoms with van der Waals surface area (Å²) in [5, 5.41) is 2.34. The first-order valence-electron chi connectivity index (χ1n) is 5.36. The number of anilines is 1. The molecule has 0 unspecified atom stereocenters. The van der Waals surface area contributed by atoms with Crippen LogP contribution < -0.4 is 5.32 Å². The molecule has 1 heterocycles. The van der Waals surface area contributed by atoms with Gasteiger partial charge in [-0.2, -0.15) is 0 Å². The lowest BCUT2D eigenvalue weighted by Gasteiger charge is -2.06. The van der Waals surface area contributed by atoms with Gasteiger partial charge in [-0.15, -0.1) is 0 Å².